The number of benzene rings is 1. The Kier molecular flexibility index (Phi) is 3.12. The molecule has 0 fully saturated rings. The lowest BCUT2D eigenvalue weighted by Gasteiger charge is -2.12. The number of aryl methyl sites for hydroxylation is 1. The average Bonchev–Trinajstić information content (AvgIpc) is 2.17. The van der Waals surface area contributed by atoms with E-state index in [-0.39, 0.29) is 5.78 Å². The number of ketones is 1. The van der Waals surface area contributed by atoms with Crippen molar-refractivity contribution in [2.75, 3.05) is 14.2 Å². The second-order valence-corrected chi connectivity index (χ2v) is 3.05. The molecule has 0 aliphatic heterocycles. The molecule has 0 saturated carbocycles. The van der Waals surface area contributed by atoms with Gasteiger partial charge in [-0.15, -0.1) is 0 Å². The Hall–Kier alpha value is -1.51. The van der Waals surface area contributed by atoms with Gasteiger partial charge in [0.25, 0.3) is 0 Å². The van der Waals surface area contributed by atoms with Crippen LogP contribution < -0.4 is 9.47 Å². The molecular formula is C11H14O3. The summed E-state index contributed by atoms with van der Waals surface area (Å²) in [4.78, 5) is 11.4. The first-order chi connectivity index (χ1) is 6.61. The summed E-state index contributed by atoms with van der Waals surface area (Å²) in [7, 11) is 3.09. The molecule has 0 unspecified atom stereocenters. The van der Waals surface area contributed by atoms with E-state index >= 15 is 0 Å². The molecule has 0 aliphatic carbocycles. The molecule has 0 bridgehead atoms. The Bertz CT molecular complexity index is 356. The molecule has 0 heterocycles. The van der Waals surface area contributed by atoms with Gasteiger partial charge in [-0.25, -0.2) is 0 Å². The quantitative estimate of drug-likeness (QED) is 0.692. The fourth-order valence-electron chi connectivity index (χ4n) is 1.44. The minimum Gasteiger partial charge on any atom is -0.496 e. The Balaban J connectivity index is 3.43. The molecule has 0 radical (unpaired) electrons. The zero-order chi connectivity index (χ0) is 10.7. The van der Waals surface area contributed by atoms with Gasteiger partial charge in [0.2, 0.25) is 0 Å². The summed E-state index contributed by atoms with van der Waals surface area (Å²) < 4.78 is 10.3. The summed E-state index contributed by atoms with van der Waals surface area (Å²) in [6.45, 7) is 3.39. The fourth-order valence-corrected chi connectivity index (χ4v) is 1.44. The molecule has 0 N–H and O–H groups in total. The molecule has 0 aromatic heterocycles. The highest BCUT2D eigenvalue weighted by Gasteiger charge is 2.16. The number of rotatable bonds is 3. The van der Waals surface area contributed by atoms with Crippen molar-refractivity contribution in [1.29, 1.82) is 0 Å². The predicted molar refractivity (Wildman–Crippen MR) is 54.3 cm³/mol. The maximum atomic E-state index is 11.4. The smallest absolute Gasteiger partial charge is 0.167 e. The zero-order valence-electron chi connectivity index (χ0n) is 8.88. The fraction of sp³-hybridized carbons (Fsp3) is 0.364. The van der Waals surface area contributed by atoms with Crippen molar-refractivity contribution in [3.8, 4) is 11.5 Å². The summed E-state index contributed by atoms with van der Waals surface area (Å²) >= 11 is 0. The Morgan fingerprint density at radius 1 is 1.21 bits per heavy atom. The van der Waals surface area contributed by atoms with Crippen LogP contribution in [0.1, 0.15) is 22.8 Å². The van der Waals surface area contributed by atoms with Gasteiger partial charge >= 0.3 is 0 Å². The SMILES string of the molecule is COc1ccc(C)c(OC)c1C(C)=O. The third-order valence-electron chi connectivity index (χ3n) is 2.09. The van der Waals surface area contributed by atoms with Gasteiger partial charge in [0, 0.05) is 0 Å². The Morgan fingerprint density at radius 3 is 2.29 bits per heavy atom. The second kappa shape index (κ2) is 4.13. The molecule has 0 saturated heterocycles. The van der Waals surface area contributed by atoms with Crippen LogP contribution in [-0.2, 0) is 0 Å². The van der Waals surface area contributed by atoms with Crippen molar-refractivity contribution in [3.63, 3.8) is 0 Å². The Labute approximate surface area is 83.6 Å². The molecule has 0 aliphatic rings. The number of carbonyl (C=O) groups excluding carboxylic acids is 1. The van der Waals surface area contributed by atoms with Crippen LogP contribution >= 0.6 is 0 Å². The van der Waals surface area contributed by atoms with Crippen LogP contribution in [0.2, 0.25) is 0 Å². The molecule has 1 aromatic carbocycles. The Morgan fingerprint density at radius 2 is 1.86 bits per heavy atom. The summed E-state index contributed by atoms with van der Waals surface area (Å²) in [5.41, 5.74) is 1.44. The maximum absolute atomic E-state index is 11.4. The van der Waals surface area contributed by atoms with E-state index in [1.54, 1.807) is 13.2 Å². The number of hydrogen-bond donors (Lipinski definition) is 0. The summed E-state index contributed by atoms with van der Waals surface area (Å²) in [5.74, 6) is 1.10. The van der Waals surface area contributed by atoms with E-state index in [4.69, 9.17) is 9.47 Å². The van der Waals surface area contributed by atoms with Crippen molar-refractivity contribution in [1.82, 2.24) is 0 Å². The highest BCUT2D eigenvalue weighted by molar-refractivity contribution is 6.00. The van der Waals surface area contributed by atoms with Crippen molar-refractivity contribution < 1.29 is 14.3 Å². The predicted octanol–water partition coefficient (Wildman–Crippen LogP) is 2.21. The average molecular weight is 194 g/mol. The molecule has 0 amide bonds. The van der Waals surface area contributed by atoms with Crippen LogP contribution in [0.5, 0.6) is 11.5 Å². The number of Topliss-reactive ketones (excluding diaryl/α,β-unsaturated/α-hetero) is 1. The standard InChI is InChI=1S/C11H14O3/c1-7-5-6-9(13-3)10(8(2)12)11(7)14-4/h5-6H,1-4H3. The molecule has 76 valence electrons. The van der Waals surface area contributed by atoms with Crippen LogP contribution in [-0.4, -0.2) is 20.0 Å². The van der Waals surface area contributed by atoms with Crippen LogP contribution in [0, 0.1) is 6.92 Å². The monoisotopic (exact) mass is 194 g/mol. The van der Waals surface area contributed by atoms with E-state index < -0.39 is 0 Å². The number of hydrogen-bond acceptors (Lipinski definition) is 3. The lowest BCUT2D eigenvalue weighted by atomic mass is 10.1. The zero-order valence-corrected chi connectivity index (χ0v) is 8.88. The first-order valence-electron chi connectivity index (χ1n) is 4.34. The van der Waals surface area contributed by atoms with Gasteiger partial charge in [0.05, 0.1) is 14.2 Å². The van der Waals surface area contributed by atoms with Gasteiger partial charge in [-0.1, -0.05) is 6.07 Å². The van der Waals surface area contributed by atoms with E-state index in [1.165, 1.54) is 14.0 Å². The molecule has 1 rings (SSSR count). The van der Waals surface area contributed by atoms with E-state index in [0.29, 0.717) is 17.1 Å². The van der Waals surface area contributed by atoms with Crippen molar-refractivity contribution in [2.45, 2.75) is 13.8 Å². The molecular weight excluding hydrogens is 180 g/mol. The van der Waals surface area contributed by atoms with Crippen molar-refractivity contribution in [2.24, 2.45) is 0 Å². The summed E-state index contributed by atoms with van der Waals surface area (Å²) in [6, 6.07) is 3.64. The topological polar surface area (TPSA) is 35.5 Å². The lowest BCUT2D eigenvalue weighted by molar-refractivity contribution is 0.101. The van der Waals surface area contributed by atoms with Gasteiger partial charge < -0.3 is 9.47 Å². The van der Waals surface area contributed by atoms with Gasteiger partial charge in [-0.05, 0) is 25.5 Å². The van der Waals surface area contributed by atoms with Crippen LogP contribution in [0.15, 0.2) is 12.1 Å². The second-order valence-electron chi connectivity index (χ2n) is 3.05. The van der Waals surface area contributed by atoms with Gasteiger partial charge in [0.1, 0.15) is 17.1 Å². The molecule has 3 heteroatoms. The van der Waals surface area contributed by atoms with E-state index in [2.05, 4.69) is 0 Å². The molecule has 3 nitrogen and oxygen atoms in total. The minimum atomic E-state index is -0.0533. The van der Waals surface area contributed by atoms with E-state index in [1.807, 2.05) is 13.0 Å². The number of ether oxygens (including phenoxy) is 2. The normalized spacial score (nSPS) is 9.71. The molecule has 14 heavy (non-hydrogen) atoms. The summed E-state index contributed by atoms with van der Waals surface area (Å²) in [5, 5.41) is 0. The van der Waals surface area contributed by atoms with E-state index in [0.717, 1.165) is 5.56 Å². The summed E-state index contributed by atoms with van der Waals surface area (Å²) in [6.07, 6.45) is 0. The third kappa shape index (κ3) is 1.71. The highest BCUT2D eigenvalue weighted by Crippen LogP contribution is 2.31. The number of carbonyl (C=O) groups is 1. The van der Waals surface area contributed by atoms with Crippen molar-refractivity contribution >= 4 is 5.78 Å². The molecule has 0 spiro atoms. The maximum Gasteiger partial charge on any atom is 0.167 e. The van der Waals surface area contributed by atoms with Gasteiger partial charge in [0.15, 0.2) is 5.78 Å². The van der Waals surface area contributed by atoms with Crippen molar-refractivity contribution in [3.05, 3.63) is 23.3 Å². The first kappa shape index (κ1) is 10.6. The van der Waals surface area contributed by atoms with Crippen LogP contribution in [0.3, 0.4) is 0 Å². The van der Waals surface area contributed by atoms with Crippen LogP contribution in [0.4, 0.5) is 0 Å². The molecule has 0 atom stereocenters. The highest BCUT2D eigenvalue weighted by atomic mass is 16.5. The van der Waals surface area contributed by atoms with Gasteiger partial charge in [-0.3, -0.25) is 4.79 Å². The third-order valence-corrected chi connectivity index (χ3v) is 2.09. The van der Waals surface area contributed by atoms with E-state index in [9.17, 15) is 4.79 Å². The minimum absolute atomic E-state index is 0.0533. The molecule has 1 aromatic rings. The number of methoxy groups -OCH3 is 2. The lowest BCUT2D eigenvalue weighted by Crippen LogP contribution is -2.02. The van der Waals surface area contributed by atoms with Gasteiger partial charge in [-0.2, -0.15) is 0 Å². The largest absolute Gasteiger partial charge is 0.496 e. The first-order valence-corrected chi connectivity index (χ1v) is 4.34. The van der Waals surface area contributed by atoms with Crippen LogP contribution in [0.25, 0.3) is 0 Å².